The summed E-state index contributed by atoms with van der Waals surface area (Å²) in [5.74, 6) is -0.962. The third-order valence-electron chi connectivity index (χ3n) is 2.41. The molecule has 0 heterocycles. The number of halogens is 3. The monoisotopic (exact) mass is 277 g/mol. The van der Waals surface area contributed by atoms with Crippen molar-refractivity contribution in [3.05, 3.63) is 17.9 Å². The number of hydrogen-bond acceptors (Lipinski definition) is 3. The summed E-state index contributed by atoms with van der Waals surface area (Å²) < 4.78 is 47.1. The van der Waals surface area contributed by atoms with Crippen molar-refractivity contribution in [3.8, 4) is 11.5 Å². The van der Waals surface area contributed by atoms with Crippen LogP contribution < -0.4 is 15.2 Å². The fraction of sp³-hybridized carbons (Fsp3) is 0.538. The fourth-order valence-corrected chi connectivity index (χ4v) is 1.77. The molecule has 1 rings (SSSR count). The van der Waals surface area contributed by atoms with E-state index in [1.54, 1.807) is 0 Å². The van der Waals surface area contributed by atoms with Gasteiger partial charge < -0.3 is 15.2 Å². The molecule has 3 nitrogen and oxygen atoms in total. The summed E-state index contributed by atoms with van der Waals surface area (Å²) in [4.78, 5) is 0. The Bertz CT molecular complexity index is 425. The van der Waals surface area contributed by atoms with Gasteiger partial charge in [-0.1, -0.05) is 13.8 Å². The van der Waals surface area contributed by atoms with Gasteiger partial charge in [0.25, 0.3) is 0 Å². The molecular formula is C13H18F3NO2. The highest BCUT2D eigenvalue weighted by Crippen LogP contribution is 2.32. The smallest absolute Gasteiger partial charge is 0.387 e. The molecule has 0 aliphatic rings. The van der Waals surface area contributed by atoms with Crippen molar-refractivity contribution in [1.82, 2.24) is 0 Å². The molecule has 19 heavy (non-hydrogen) atoms. The van der Waals surface area contributed by atoms with Gasteiger partial charge in [0.2, 0.25) is 0 Å². The van der Waals surface area contributed by atoms with Crippen LogP contribution in [0.1, 0.15) is 27.2 Å². The van der Waals surface area contributed by atoms with E-state index >= 15 is 0 Å². The van der Waals surface area contributed by atoms with E-state index in [0.29, 0.717) is 5.92 Å². The van der Waals surface area contributed by atoms with E-state index in [2.05, 4.69) is 4.74 Å². The first-order valence-electron chi connectivity index (χ1n) is 6.00. The molecule has 1 atom stereocenters. The molecule has 0 aliphatic carbocycles. The van der Waals surface area contributed by atoms with Crippen LogP contribution >= 0.6 is 0 Å². The lowest BCUT2D eigenvalue weighted by Crippen LogP contribution is -2.15. The predicted octanol–water partition coefficient (Wildman–Crippen LogP) is 3.82. The van der Waals surface area contributed by atoms with E-state index in [1.165, 1.54) is 0 Å². The van der Waals surface area contributed by atoms with Crippen LogP contribution in [0.2, 0.25) is 0 Å². The second-order valence-corrected chi connectivity index (χ2v) is 4.76. The van der Waals surface area contributed by atoms with Gasteiger partial charge in [0.05, 0.1) is 11.8 Å². The van der Waals surface area contributed by atoms with Gasteiger partial charge in [0.1, 0.15) is 5.75 Å². The van der Waals surface area contributed by atoms with Crippen molar-refractivity contribution >= 4 is 5.69 Å². The first-order valence-corrected chi connectivity index (χ1v) is 6.00. The first-order chi connectivity index (χ1) is 8.79. The van der Waals surface area contributed by atoms with Crippen LogP contribution in [-0.4, -0.2) is 12.7 Å². The van der Waals surface area contributed by atoms with Gasteiger partial charge in [-0.3, -0.25) is 0 Å². The summed E-state index contributed by atoms with van der Waals surface area (Å²) in [6.07, 6.45) is 0.606. The van der Waals surface area contributed by atoms with Crippen LogP contribution in [-0.2, 0) is 0 Å². The molecule has 0 fully saturated rings. The van der Waals surface area contributed by atoms with E-state index in [4.69, 9.17) is 10.5 Å². The van der Waals surface area contributed by atoms with E-state index in [1.807, 2.05) is 20.8 Å². The maximum atomic E-state index is 13.3. The minimum atomic E-state index is -3.10. The lowest BCUT2D eigenvalue weighted by molar-refractivity contribution is -0.0523. The summed E-state index contributed by atoms with van der Waals surface area (Å²) in [6.45, 7) is 2.79. The average molecular weight is 277 g/mol. The standard InChI is InChI=1S/C13H18F3NO2/c1-7(2)4-8(3)18-12-6-11(19-13(15)16)9(14)5-10(12)17/h5-8,13H,4,17H2,1-3H3. The third-order valence-corrected chi connectivity index (χ3v) is 2.41. The van der Waals surface area contributed by atoms with E-state index in [0.717, 1.165) is 18.6 Å². The first kappa shape index (κ1) is 15.5. The molecule has 0 aliphatic heterocycles. The topological polar surface area (TPSA) is 44.5 Å². The number of nitrogen functional groups attached to an aromatic ring is 1. The molecule has 0 saturated heterocycles. The van der Waals surface area contributed by atoms with Gasteiger partial charge in [-0.05, 0) is 19.3 Å². The lowest BCUT2D eigenvalue weighted by atomic mass is 10.1. The molecule has 2 N–H and O–H groups in total. The molecule has 0 aromatic heterocycles. The van der Waals surface area contributed by atoms with Crippen molar-refractivity contribution in [2.45, 2.75) is 39.9 Å². The molecule has 1 aromatic rings. The second-order valence-electron chi connectivity index (χ2n) is 4.76. The van der Waals surface area contributed by atoms with E-state index < -0.39 is 18.2 Å². The van der Waals surface area contributed by atoms with Crippen LogP contribution in [0.5, 0.6) is 11.5 Å². The Balaban J connectivity index is 2.88. The van der Waals surface area contributed by atoms with Crippen LogP contribution in [0.3, 0.4) is 0 Å². The predicted molar refractivity (Wildman–Crippen MR) is 67.0 cm³/mol. The molecule has 0 amide bonds. The van der Waals surface area contributed by atoms with Crippen molar-refractivity contribution in [2.75, 3.05) is 5.73 Å². The Labute approximate surface area is 110 Å². The Morgan fingerprint density at radius 2 is 1.74 bits per heavy atom. The minimum absolute atomic E-state index is 0.0507. The Morgan fingerprint density at radius 3 is 2.26 bits per heavy atom. The zero-order chi connectivity index (χ0) is 14.6. The highest BCUT2D eigenvalue weighted by molar-refractivity contribution is 5.56. The zero-order valence-electron chi connectivity index (χ0n) is 11.1. The number of ether oxygens (including phenoxy) is 2. The summed E-state index contributed by atoms with van der Waals surface area (Å²) >= 11 is 0. The van der Waals surface area contributed by atoms with Gasteiger partial charge in [-0.25, -0.2) is 4.39 Å². The van der Waals surface area contributed by atoms with Crippen LogP contribution in [0.15, 0.2) is 12.1 Å². The minimum Gasteiger partial charge on any atom is -0.488 e. The number of nitrogens with two attached hydrogens (primary N) is 1. The third kappa shape index (κ3) is 4.89. The molecule has 1 aromatic carbocycles. The van der Waals surface area contributed by atoms with Gasteiger partial charge in [0.15, 0.2) is 11.6 Å². The normalized spacial score (nSPS) is 12.8. The molecule has 0 radical (unpaired) electrons. The number of hydrogen-bond donors (Lipinski definition) is 1. The quantitative estimate of drug-likeness (QED) is 0.804. The van der Waals surface area contributed by atoms with Crippen LogP contribution in [0.25, 0.3) is 0 Å². The van der Waals surface area contributed by atoms with Gasteiger partial charge in [0, 0.05) is 12.1 Å². The van der Waals surface area contributed by atoms with Gasteiger partial charge >= 0.3 is 6.61 Å². The number of anilines is 1. The summed E-state index contributed by atoms with van der Waals surface area (Å²) in [6, 6.07) is 1.96. The largest absolute Gasteiger partial charge is 0.488 e. The van der Waals surface area contributed by atoms with Crippen molar-refractivity contribution < 1.29 is 22.6 Å². The van der Waals surface area contributed by atoms with Crippen LogP contribution in [0.4, 0.5) is 18.9 Å². The highest BCUT2D eigenvalue weighted by atomic mass is 19.3. The second kappa shape index (κ2) is 6.54. The number of alkyl halides is 2. The fourth-order valence-electron chi connectivity index (χ4n) is 1.77. The lowest BCUT2D eigenvalue weighted by Gasteiger charge is -2.18. The van der Waals surface area contributed by atoms with E-state index in [9.17, 15) is 13.2 Å². The Morgan fingerprint density at radius 1 is 1.11 bits per heavy atom. The summed E-state index contributed by atoms with van der Waals surface area (Å²) in [5.41, 5.74) is 5.64. The SMILES string of the molecule is CC(C)CC(C)Oc1cc(OC(F)F)c(F)cc1N. The number of benzene rings is 1. The molecule has 1 unspecified atom stereocenters. The Kier molecular flexibility index (Phi) is 5.32. The summed E-state index contributed by atoms with van der Waals surface area (Å²) in [5, 5.41) is 0. The Hall–Kier alpha value is -1.59. The molecule has 0 saturated carbocycles. The maximum Gasteiger partial charge on any atom is 0.387 e. The van der Waals surface area contributed by atoms with Gasteiger partial charge in [-0.2, -0.15) is 8.78 Å². The highest BCUT2D eigenvalue weighted by Gasteiger charge is 2.16. The molecule has 108 valence electrons. The van der Waals surface area contributed by atoms with Gasteiger partial charge in [-0.15, -0.1) is 0 Å². The van der Waals surface area contributed by atoms with Crippen LogP contribution in [0, 0.1) is 11.7 Å². The number of rotatable bonds is 6. The van der Waals surface area contributed by atoms with Crippen molar-refractivity contribution in [2.24, 2.45) is 5.92 Å². The van der Waals surface area contributed by atoms with Crippen molar-refractivity contribution in [1.29, 1.82) is 0 Å². The summed E-state index contributed by atoms with van der Waals surface area (Å²) in [7, 11) is 0. The van der Waals surface area contributed by atoms with E-state index in [-0.39, 0.29) is 17.5 Å². The average Bonchev–Trinajstić information content (AvgIpc) is 2.23. The molecule has 0 bridgehead atoms. The molecule has 0 spiro atoms. The zero-order valence-corrected chi connectivity index (χ0v) is 11.1. The molecular weight excluding hydrogens is 259 g/mol. The molecule has 6 heteroatoms. The van der Waals surface area contributed by atoms with Crippen molar-refractivity contribution in [3.63, 3.8) is 0 Å². The maximum absolute atomic E-state index is 13.3.